The number of hydrogen-bond donors (Lipinski definition) is 1. The molecule has 8 nitrogen and oxygen atoms in total. The van der Waals surface area contributed by atoms with Gasteiger partial charge in [-0.05, 0) is 67.8 Å². The highest BCUT2D eigenvalue weighted by Gasteiger charge is 2.37. The Kier molecular flexibility index (Phi) is 11.3. The lowest BCUT2D eigenvalue weighted by molar-refractivity contribution is -0.139. The average molecular weight is 654 g/mol. The van der Waals surface area contributed by atoms with Crippen LogP contribution in [0.4, 0.5) is 18.9 Å². The van der Waals surface area contributed by atoms with E-state index in [4.69, 9.17) is 16.3 Å². The SMILES string of the molecule is COc1ccc(CN(C(=O)CN(c2ccc(Cl)c(C(F)(F)F)c2)S(=O)(=O)c2ccc(C)cc2)[C@@H](C)C(=O)NCC(C)C)cc1. The van der Waals surface area contributed by atoms with Crippen LogP contribution in [0.15, 0.2) is 71.6 Å². The van der Waals surface area contributed by atoms with Crippen LogP contribution in [0.1, 0.15) is 37.5 Å². The lowest BCUT2D eigenvalue weighted by atomic mass is 10.1. The van der Waals surface area contributed by atoms with Crippen LogP contribution in [0, 0.1) is 12.8 Å². The molecule has 238 valence electrons. The molecule has 0 aliphatic heterocycles. The molecule has 2 amide bonds. The number of methoxy groups -OCH3 is 1. The molecular formula is C31H35ClF3N3O5S. The first kappa shape index (κ1) is 34.7. The van der Waals surface area contributed by atoms with Gasteiger partial charge in [-0.1, -0.05) is 55.3 Å². The predicted molar refractivity (Wildman–Crippen MR) is 163 cm³/mol. The fourth-order valence-electron chi connectivity index (χ4n) is 4.21. The monoisotopic (exact) mass is 653 g/mol. The van der Waals surface area contributed by atoms with Gasteiger partial charge in [-0.15, -0.1) is 0 Å². The standard InChI is InChI=1S/C31H35ClF3N3O5S/c1-20(2)17-36-30(40)22(4)37(18-23-8-11-25(43-5)12-9-23)29(39)19-38(44(41,42)26-13-6-21(3)7-14-26)24-10-15-28(32)27(16-24)31(33,34)35/h6-16,20,22H,17-19H2,1-5H3,(H,36,40)/t22-/m0/s1. The molecule has 0 aliphatic carbocycles. The second kappa shape index (κ2) is 14.3. The van der Waals surface area contributed by atoms with Crippen LogP contribution < -0.4 is 14.4 Å². The zero-order valence-electron chi connectivity index (χ0n) is 25.0. The maximum absolute atomic E-state index is 14.0. The molecule has 3 rings (SSSR count). The van der Waals surface area contributed by atoms with E-state index >= 15 is 0 Å². The largest absolute Gasteiger partial charge is 0.497 e. The molecule has 1 atom stereocenters. The maximum Gasteiger partial charge on any atom is 0.417 e. The molecule has 0 fully saturated rings. The zero-order chi connectivity index (χ0) is 32.8. The second-order valence-electron chi connectivity index (χ2n) is 10.7. The van der Waals surface area contributed by atoms with Crippen LogP contribution in [-0.2, 0) is 32.3 Å². The molecule has 13 heteroatoms. The molecule has 0 spiro atoms. The van der Waals surface area contributed by atoms with Crippen molar-refractivity contribution >= 4 is 39.1 Å². The highest BCUT2D eigenvalue weighted by Crippen LogP contribution is 2.38. The molecule has 0 saturated heterocycles. The summed E-state index contributed by atoms with van der Waals surface area (Å²) in [5.41, 5.74) is -0.313. The number of alkyl halides is 3. The smallest absolute Gasteiger partial charge is 0.417 e. The van der Waals surface area contributed by atoms with E-state index in [1.807, 2.05) is 13.8 Å². The Balaban J connectivity index is 2.10. The van der Waals surface area contributed by atoms with Gasteiger partial charge in [-0.3, -0.25) is 13.9 Å². The highest BCUT2D eigenvalue weighted by atomic mass is 35.5. The number of anilines is 1. The minimum absolute atomic E-state index is 0.0913. The summed E-state index contributed by atoms with van der Waals surface area (Å²) in [7, 11) is -3.07. The molecule has 0 unspecified atom stereocenters. The van der Waals surface area contributed by atoms with E-state index in [1.54, 1.807) is 31.2 Å². The fourth-order valence-corrected chi connectivity index (χ4v) is 5.85. The van der Waals surface area contributed by atoms with Crippen LogP contribution in [0.25, 0.3) is 0 Å². The van der Waals surface area contributed by atoms with Crippen molar-refractivity contribution in [2.24, 2.45) is 5.92 Å². The minimum Gasteiger partial charge on any atom is -0.497 e. The Morgan fingerprint density at radius 1 is 0.977 bits per heavy atom. The molecule has 0 saturated carbocycles. The quantitative estimate of drug-likeness (QED) is 0.256. The van der Waals surface area contributed by atoms with E-state index < -0.39 is 56.9 Å². The van der Waals surface area contributed by atoms with Gasteiger partial charge in [0.1, 0.15) is 18.3 Å². The van der Waals surface area contributed by atoms with Gasteiger partial charge in [0.2, 0.25) is 11.8 Å². The number of nitrogens with zero attached hydrogens (tertiary/aromatic N) is 2. The van der Waals surface area contributed by atoms with Crippen molar-refractivity contribution < 1.29 is 35.9 Å². The fraction of sp³-hybridized carbons (Fsp3) is 0.355. The molecule has 1 N–H and O–H groups in total. The number of carbonyl (C=O) groups excluding carboxylic acids is 2. The molecule has 3 aromatic rings. The molecule has 3 aromatic carbocycles. The third kappa shape index (κ3) is 8.66. The summed E-state index contributed by atoms with van der Waals surface area (Å²) in [6.07, 6.45) is -4.89. The van der Waals surface area contributed by atoms with Crippen LogP contribution in [0.5, 0.6) is 5.75 Å². The Labute approximate surface area is 260 Å². The predicted octanol–water partition coefficient (Wildman–Crippen LogP) is 6.06. The van der Waals surface area contributed by atoms with Crippen molar-refractivity contribution in [2.75, 3.05) is 24.5 Å². The topological polar surface area (TPSA) is 96.0 Å². The molecule has 0 aromatic heterocycles. The Bertz CT molecular complexity index is 1560. The van der Waals surface area contributed by atoms with Gasteiger partial charge in [0.15, 0.2) is 0 Å². The third-order valence-electron chi connectivity index (χ3n) is 6.79. The molecular weight excluding hydrogens is 619 g/mol. The third-order valence-corrected chi connectivity index (χ3v) is 8.91. The minimum atomic E-state index is -4.89. The number of halogens is 4. The number of amides is 2. The highest BCUT2D eigenvalue weighted by molar-refractivity contribution is 7.92. The average Bonchev–Trinajstić information content (AvgIpc) is 2.97. The van der Waals surface area contributed by atoms with Gasteiger partial charge >= 0.3 is 6.18 Å². The second-order valence-corrected chi connectivity index (χ2v) is 12.9. The van der Waals surface area contributed by atoms with E-state index in [2.05, 4.69) is 5.32 Å². The van der Waals surface area contributed by atoms with E-state index in [0.717, 1.165) is 17.7 Å². The lowest BCUT2D eigenvalue weighted by Gasteiger charge is -2.32. The molecule has 0 radical (unpaired) electrons. The molecule has 0 aliphatic rings. The maximum atomic E-state index is 14.0. The van der Waals surface area contributed by atoms with Gasteiger partial charge in [0.05, 0.1) is 28.3 Å². The molecule has 0 bridgehead atoms. The Morgan fingerprint density at radius 2 is 1.59 bits per heavy atom. The number of carbonyl (C=O) groups is 2. The molecule has 44 heavy (non-hydrogen) atoms. The number of ether oxygens (including phenoxy) is 1. The zero-order valence-corrected chi connectivity index (χ0v) is 26.6. The van der Waals surface area contributed by atoms with Crippen LogP contribution in [0.3, 0.4) is 0 Å². The van der Waals surface area contributed by atoms with Crippen LogP contribution in [0.2, 0.25) is 5.02 Å². The first-order valence-electron chi connectivity index (χ1n) is 13.7. The summed E-state index contributed by atoms with van der Waals surface area (Å²) in [6, 6.07) is 14.0. The summed E-state index contributed by atoms with van der Waals surface area (Å²) >= 11 is 5.81. The van der Waals surface area contributed by atoms with Gasteiger partial charge in [-0.2, -0.15) is 13.2 Å². The van der Waals surface area contributed by atoms with Gasteiger partial charge < -0.3 is 15.0 Å². The summed E-state index contributed by atoms with van der Waals surface area (Å²) in [4.78, 5) is 28.0. The van der Waals surface area contributed by atoms with E-state index in [-0.39, 0.29) is 17.4 Å². The van der Waals surface area contributed by atoms with Gasteiger partial charge in [0, 0.05) is 13.1 Å². The van der Waals surface area contributed by atoms with E-state index in [9.17, 15) is 31.2 Å². The van der Waals surface area contributed by atoms with E-state index in [0.29, 0.717) is 28.2 Å². The van der Waals surface area contributed by atoms with Crippen LogP contribution >= 0.6 is 11.6 Å². The van der Waals surface area contributed by atoms with Crippen molar-refractivity contribution in [1.82, 2.24) is 10.2 Å². The van der Waals surface area contributed by atoms with Crippen LogP contribution in [-0.4, -0.2) is 51.4 Å². The number of sulfonamides is 1. The Morgan fingerprint density at radius 3 is 2.14 bits per heavy atom. The number of rotatable bonds is 12. The number of benzene rings is 3. The van der Waals surface area contributed by atoms with Crippen molar-refractivity contribution in [2.45, 2.75) is 51.4 Å². The first-order valence-corrected chi connectivity index (χ1v) is 15.5. The number of nitrogens with one attached hydrogen (secondary N) is 1. The summed E-state index contributed by atoms with van der Waals surface area (Å²) < 4.78 is 75.0. The van der Waals surface area contributed by atoms with Crippen molar-refractivity contribution in [3.8, 4) is 5.75 Å². The Hall–Kier alpha value is -3.77. The van der Waals surface area contributed by atoms with E-state index in [1.165, 1.54) is 43.2 Å². The molecule has 0 heterocycles. The first-order chi connectivity index (χ1) is 20.5. The number of hydrogen-bond acceptors (Lipinski definition) is 5. The summed E-state index contributed by atoms with van der Waals surface area (Å²) in [6.45, 7) is 6.40. The van der Waals surface area contributed by atoms with Gasteiger partial charge in [0.25, 0.3) is 10.0 Å². The number of aryl methyl sites for hydroxylation is 1. The summed E-state index contributed by atoms with van der Waals surface area (Å²) in [5, 5.41) is 2.15. The normalized spacial score (nSPS) is 12.5. The van der Waals surface area contributed by atoms with Crippen molar-refractivity contribution in [1.29, 1.82) is 0 Å². The lowest BCUT2D eigenvalue weighted by Crippen LogP contribution is -2.51. The summed E-state index contributed by atoms with van der Waals surface area (Å²) in [5.74, 6) is -0.598. The van der Waals surface area contributed by atoms with Gasteiger partial charge in [-0.25, -0.2) is 8.42 Å². The van der Waals surface area contributed by atoms with Crippen molar-refractivity contribution in [3.05, 3.63) is 88.4 Å². The van der Waals surface area contributed by atoms with Crippen molar-refractivity contribution in [3.63, 3.8) is 0 Å².